The number of rotatable bonds is 26. The topological polar surface area (TPSA) is 105 Å². The highest BCUT2D eigenvalue weighted by molar-refractivity contribution is 5.46. The van der Waals surface area contributed by atoms with Crippen LogP contribution in [0.5, 0.6) is 23.0 Å². The molecule has 0 amide bonds. The zero-order chi connectivity index (χ0) is 43.4. The van der Waals surface area contributed by atoms with Gasteiger partial charge in [-0.3, -0.25) is 20.2 Å². The molecule has 0 heterocycles. The van der Waals surface area contributed by atoms with Gasteiger partial charge in [-0.05, 0) is 103 Å². The summed E-state index contributed by atoms with van der Waals surface area (Å²) in [6, 6.07) is 29.1. The Morgan fingerprint density at radius 2 is 0.742 bits per heavy atom. The van der Waals surface area contributed by atoms with Crippen molar-refractivity contribution in [3.8, 4) is 23.0 Å². The first kappa shape index (κ1) is 46.8. The third-order valence-electron chi connectivity index (χ3n) is 14.3. The number of benzene rings is 4. The maximum Gasteiger partial charge on any atom is 0.269 e. The van der Waals surface area contributed by atoms with E-state index in [1.54, 1.807) is 24.3 Å². The third kappa shape index (κ3) is 14.4. The SMILES string of the molecule is CCCCCCCCCCCCCCCC[C@H]1CC[C@H](CCC2CCC(c3ccc(Oc4ccc([N+](=O)[O-])cc4)cc3)(c3ccc(Oc4ccc([N+](=O)[O-])cc4)cc3)CC2)CC1. The minimum atomic E-state index is -0.409. The van der Waals surface area contributed by atoms with E-state index in [9.17, 15) is 20.2 Å². The molecule has 0 unspecified atom stereocenters. The van der Waals surface area contributed by atoms with Crippen LogP contribution < -0.4 is 9.47 Å². The largest absolute Gasteiger partial charge is 0.457 e. The second-order valence-electron chi connectivity index (χ2n) is 18.6. The van der Waals surface area contributed by atoms with E-state index in [0.29, 0.717) is 23.0 Å². The van der Waals surface area contributed by atoms with Crippen LogP contribution in [0.25, 0.3) is 0 Å². The van der Waals surface area contributed by atoms with E-state index in [1.807, 2.05) is 24.3 Å². The lowest BCUT2D eigenvalue weighted by atomic mass is 9.62. The van der Waals surface area contributed by atoms with Gasteiger partial charge >= 0.3 is 0 Å². The fourth-order valence-corrected chi connectivity index (χ4v) is 10.3. The van der Waals surface area contributed by atoms with Gasteiger partial charge in [0.15, 0.2) is 0 Å². The zero-order valence-electron chi connectivity index (χ0n) is 37.5. The van der Waals surface area contributed by atoms with E-state index in [0.717, 1.165) is 30.6 Å². The summed E-state index contributed by atoms with van der Waals surface area (Å²) in [5, 5.41) is 22.2. The van der Waals surface area contributed by atoms with Crippen molar-refractivity contribution in [2.24, 2.45) is 17.8 Å². The summed E-state index contributed by atoms with van der Waals surface area (Å²) in [7, 11) is 0. The smallest absolute Gasteiger partial charge is 0.269 e. The number of ether oxygens (including phenoxy) is 2. The number of hydrogen-bond donors (Lipinski definition) is 0. The Labute approximate surface area is 371 Å². The van der Waals surface area contributed by atoms with Crippen molar-refractivity contribution < 1.29 is 19.3 Å². The quantitative estimate of drug-likeness (QED) is 0.0354. The van der Waals surface area contributed by atoms with Gasteiger partial charge in [0.05, 0.1) is 9.85 Å². The Morgan fingerprint density at radius 3 is 1.10 bits per heavy atom. The molecule has 2 aliphatic rings. The highest BCUT2D eigenvalue weighted by atomic mass is 16.6. The van der Waals surface area contributed by atoms with Crippen LogP contribution in [-0.4, -0.2) is 9.85 Å². The van der Waals surface area contributed by atoms with Crippen LogP contribution in [0.2, 0.25) is 0 Å². The van der Waals surface area contributed by atoms with Gasteiger partial charge < -0.3 is 9.47 Å². The fourth-order valence-electron chi connectivity index (χ4n) is 10.3. The Morgan fingerprint density at radius 1 is 0.435 bits per heavy atom. The van der Waals surface area contributed by atoms with Crippen LogP contribution >= 0.6 is 0 Å². The summed E-state index contributed by atoms with van der Waals surface area (Å²) < 4.78 is 12.2. The van der Waals surface area contributed by atoms with Crippen LogP contribution in [-0.2, 0) is 5.41 Å². The van der Waals surface area contributed by atoms with E-state index in [-0.39, 0.29) is 16.8 Å². The number of nitrogens with zero attached hydrogens (tertiary/aromatic N) is 2. The van der Waals surface area contributed by atoms with Crippen LogP contribution in [0.3, 0.4) is 0 Å². The molecule has 8 nitrogen and oxygen atoms in total. The van der Waals surface area contributed by atoms with E-state index >= 15 is 0 Å². The molecule has 0 aromatic heterocycles. The first-order valence-corrected chi connectivity index (χ1v) is 24.4. The average molecular weight is 845 g/mol. The van der Waals surface area contributed by atoms with Gasteiger partial charge in [-0.1, -0.05) is 166 Å². The molecule has 0 bridgehead atoms. The standard InChI is InChI=1S/C54H72N2O6/c1-2-3-4-5-6-7-8-9-10-11-12-13-14-15-16-43-17-19-44(20-18-43)21-22-45-39-41-54(42-40-45,46-23-31-50(32-24-46)61-52-35-27-48(28-36-52)55(57)58)47-25-33-51(34-26-47)62-53-37-29-49(30-38-53)56(59)60/h23-38,43-45H,2-22,39-42H2,1H3/t43-,44-. The van der Waals surface area contributed by atoms with E-state index in [2.05, 4.69) is 31.2 Å². The van der Waals surface area contributed by atoms with Crippen molar-refractivity contribution >= 4 is 11.4 Å². The molecule has 2 saturated carbocycles. The Hall–Kier alpha value is -4.72. The van der Waals surface area contributed by atoms with Crippen molar-refractivity contribution in [2.45, 2.75) is 173 Å². The molecule has 2 aliphatic carbocycles. The lowest BCUT2D eigenvalue weighted by Gasteiger charge is -2.42. The lowest BCUT2D eigenvalue weighted by molar-refractivity contribution is -0.385. The van der Waals surface area contributed by atoms with Crippen molar-refractivity contribution in [1.82, 2.24) is 0 Å². The molecule has 0 aliphatic heterocycles. The molecule has 6 rings (SSSR count). The Kier molecular flexibility index (Phi) is 18.7. The summed E-state index contributed by atoms with van der Waals surface area (Å²) >= 11 is 0. The van der Waals surface area contributed by atoms with Crippen LogP contribution in [0.1, 0.15) is 179 Å². The molecule has 0 saturated heterocycles. The van der Waals surface area contributed by atoms with E-state index in [1.165, 1.54) is 183 Å². The maximum absolute atomic E-state index is 11.1. The molecule has 0 radical (unpaired) electrons. The molecule has 8 heteroatoms. The van der Waals surface area contributed by atoms with Gasteiger partial charge in [0, 0.05) is 29.7 Å². The average Bonchev–Trinajstić information content (AvgIpc) is 3.30. The normalized spacial score (nSPS) is 17.7. The first-order chi connectivity index (χ1) is 30.3. The van der Waals surface area contributed by atoms with Crippen molar-refractivity contribution in [3.05, 3.63) is 128 Å². The molecular weight excluding hydrogens is 773 g/mol. The van der Waals surface area contributed by atoms with Crippen LogP contribution in [0.15, 0.2) is 97.1 Å². The monoisotopic (exact) mass is 845 g/mol. The number of nitro groups is 2. The van der Waals surface area contributed by atoms with Gasteiger partial charge in [0.1, 0.15) is 23.0 Å². The zero-order valence-corrected chi connectivity index (χ0v) is 37.5. The molecule has 4 aromatic carbocycles. The summed E-state index contributed by atoms with van der Waals surface area (Å²) in [5.74, 6) is 5.07. The Balaban J connectivity index is 0.953. The molecule has 0 spiro atoms. The first-order valence-electron chi connectivity index (χ1n) is 24.4. The van der Waals surface area contributed by atoms with Gasteiger partial charge in [0.25, 0.3) is 11.4 Å². The summed E-state index contributed by atoms with van der Waals surface area (Å²) in [4.78, 5) is 21.4. The second kappa shape index (κ2) is 24.8. The number of nitro benzene ring substituents is 2. The minimum absolute atomic E-state index is 0.0346. The highest BCUT2D eigenvalue weighted by Crippen LogP contribution is 2.49. The minimum Gasteiger partial charge on any atom is -0.457 e. The maximum atomic E-state index is 11.1. The molecule has 62 heavy (non-hydrogen) atoms. The van der Waals surface area contributed by atoms with Crippen molar-refractivity contribution in [1.29, 1.82) is 0 Å². The summed E-state index contributed by atoms with van der Waals surface area (Å²) in [6.07, 6.45) is 34.4. The number of non-ortho nitro benzene ring substituents is 2. The molecule has 334 valence electrons. The third-order valence-corrected chi connectivity index (χ3v) is 14.3. The van der Waals surface area contributed by atoms with E-state index < -0.39 is 9.85 Å². The molecule has 0 N–H and O–H groups in total. The molecule has 2 fully saturated rings. The van der Waals surface area contributed by atoms with Crippen LogP contribution in [0, 0.1) is 38.0 Å². The summed E-state index contributed by atoms with van der Waals surface area (Å²) in [5.41, 5.74) is 2.43. The predicted octanol–water partition coefficient (Wildman–Crippen LogP) is 17.0. The lowest BCUT2D eigenvalue weighted by Crippen LogP contribution is -2.33. The Bertz CT molecular complexity index is 1790. The number of unbranched alkanes of at least 4 members (excludes halogenated alkanes) is 13. The van der Waals surface area contributed by atoms with Gasteiger partial charge in [-0.25, -0.2) is 0 Å². The van der Waals surface area contributed by atoms with Crippen molar-refractivity contribution in [3.63, 3.8) is 0 Å². The highest BCUT2D eigenvalue weighted by Gasteiger charge is 2.38. The van der Waals surface area contributed by atoms with Gasteiger partial charge in [0.2, 0.25) is 0 Å². The van der Waals surface area contributed by atoms with Crippen LogP contribution in [0.4, 0.5) is 11.4 Å². The molecular formula is C54H72N2O6. The number of hydrogen-bond acceptors (Lipinski definition) is 6. The summed E-state index contributed by atoms with van der Waals surface area (Å²) in [6.45, 7) is 2.29. The van der Waals surface area contributed by atoms with Gasteiger partial charge in [-0.2, -0.15) is 0 Å². The van der Waals surface area contributed by atoms with E-state index in [4.69, 9.17) is 9.47 Å². The molecule has 4 aromatic rings. The fraction of sp³-hybridized carbons (Fsp3) is 0.556. The molecule has 0 atom stereocenters. The second-order valence-corrected chi connectivity index (χ2v) is 18.6. The van der Waals surface area contributed by atoms with Crippen molar-refractivity contribution in [2.75, 3.05) is 0 Å². The van der Waals surface area contributed by atoms with Gasteiger partial charge in [-0.15, -0.1) is 0 Å². The predicted molar refractivity (Wildman–Crippen MR) is 252 cm³/mol.